The van der Waals surface area contributed by atoms with Gasteiger partial charge >= 0.3 is 12.1 Å². The van der Waals surface area contributed by atoms with Crippen molar-refractivity contribution >= 4 is 17.7 Å². The summed E-state index contributed by atoms with van der Waals surface area (Å²) in [6.45, 7) is 4.91. The third-order valence-corrected chi connectivity index (χ3v) is 2.61. The Bertz CT molecular complexity index is 537. The highest BCUT2D eigenvalue weighted by Crippen LogP contribution is 2.32. The van der Waals surface area contributed by atoms with Crippen molar-refractivity contribution in [3.63, 3.8) is 0 Å². The van der Waals surface area contributed by atoms with Gasteiger partial charge in [-0.3, -0.25) is 10.1 Å². The van der Waals surface area contributed by atoms with Crippen LogP contribution in [0.4, 0.5) is 10.5 Å². The summed E-state index contributed by atoms with van der Waals surface area (Å²) >= 11 is 0. The monoisotopic (exact) mass is 296 g/mol. The molecule has 0 aliphatic carbocycles. The fourth-order valence-electron chi connectivity index (χ4n) is 1.75. The van der Waals surface area contributed by atoms with Crippen molar-refractivity contribution < 1.29 is 24.5 Å². The number of hydrogen-bond acceptors (Lipinski definition) is 5. The summed E-state index contributed by atoms with van der Waals surface area (Å²) < 4.78 is 5.09. The highest BCUT2D eigenvalue weighted by molar-refractivity contribution is 5.90. The van der Waals surface area contributed by atoms with Gasteiger partial charge in [0.1, 0.15) is 11.4 Å². The van der Waals surface area contributed by atoms with E-state index in [1.54, 1.807) is 20.8 Å². The number of benzene rings is 1. The quantitative estimate of drug-likeness (QED) is 0.629. The molecular formula is C14H20N2O5. The zero-order chi connectivity index (χ0) is 16.2. The summed E-state index contributed by atoms with van der Waals surface area (Å²) in [5.74, 6) is -2.43. The number of para-hydroxylation sites is 1. The van der Waals surface area contributed by atoms with Crippen LogP contribution in [0, 0.1) is 0 Å². The van der Waals surface area contributed by atoms with Crippen LogP contribution < -0.4 is 11.1 Å². The van der Waals surface area contributed by atoms with Crippen LogP contribution >= 0.6 is 0 Å². The number of aromatic hydroxyl groups is 1. The van der Waals surface area contributed by atoms with E-state index in [0.29, 0.717) is 0 Å². The molecule has 0 bridgehead atoms. The number of ether oxygens (including phenoxy) is 1. The second kappa shape index (κ2) is 6.45. The van der Waals surface area contributed by atoms with E-state index in [2.05, 4.69) is 5.32 Å². The molecule has 0 aliphatic heterocycles. The number of carboxylic acids is 1. The molecule has 5 N–H and O–H groups in total. The first-order valence-corrected chi connectivity index (χ1v) is 6.40. The predicted molar refractivity (Wildman–Crippen MR) is 77.4 cm³/mol. The van der Waals surface area contributed by atoms with Crippen LogP contribution in [0.1, 0.15) is 32.3 Å². The summed E-state index contributed by atoms with van der Waals surface area (Å²) in [6, 6.07) is 4.31. The standard InChI is InChI=1S/C14H20N2O5/c1-14(2,3)21-13(20)16-11-8(5-4-6-10(11)17)9(7-15)12(18)19/h4-6,9,17H,7,15H2,1-3H3,(H,16,20)(H,18,19). The Balaban J connectivity index is 3.11. The minimum Gasteiger partial charge on any atom is -0.506 e. The number of hydrogen-bond donors (Lipinski definition) is 4. The van der Waals surface area contributed by atoms with Gasteiger partial charge in [-0.25, -0.2) is 4.79 Å². The first-order valence-electron chi connectivity index (χ1n) is 6.40. The number of carboxylic acid groups (broad SMARTS) is 1. The van der Waals surface area contributed by atoms with Crippen LogP contribution in [-0.2, 0) is 9.53 Å². The fraction of sp³-hybridized carbons (Fsp3) is 0.429. The Labute approximate surface area is 122 Å². The highest BCUT2D eigenvalue weighted by Gasteiger charge is 2.25. The lowest BCUT2D eigenvalue weighted by molar-refractivity contribution is -0.138. The van der Waals surface area contributed by atoms with E-state index in [1.165, 1.54) is 18.2 Å². The summed E-state index contributed by atoms with van der Waals surface area (Å²) in [5.41, 5.74) is 4.95. The largest absolute Gasteiger partial charge is 0.506 e. The number of anilines is 1. The Morgan fingerprint density at radius 1 is 1.38 bits per heavy atom. The molecule has 0 saturated carbocycles. The van der Waals surface area contributed by atoms with E-state index >= 15 is 0 Å². The minimum atomic E-state index is -1.14. The van der Waals surface area contributed by atoms with Crippen molar-refractivity contribution in [1.29, 1.82) is 0 Å². The minimum absolute atomic E-state index is 0.00963. The van der Waals surface area contributed by atoms with Crippen molar-refractivity contribution in [2.75, 3.05) is 11.9 Å². The molecule has 0 saturated heterocycles. The van der Waals surface area contributed by atoms with Crippen molar-refractivity contribution in [2.45, 2.75) is 32.3 Å². The van der Waals surface area contributed by atoms with Gasteiger partial charge in [0, 0.05) is 6.54 Å². The number of rotatable bonds is 4. The first-order chi connectivity index (χ1) is 9.65. The summed E-state index contributed by atoms with van der Waals surface area (Å²) in [6.07, 6.45) is -0.786. The maximum atomic E-state index is 11.8. The maximum absolute atomic E-state index is 11.8. The van der Waals surface area contributed by atoms with Crippen LogP contribution in [0.2, 0.25) is 0 Å². The van der Waals surface area contributed by atoms with Crippen molar-refractivity contribution in [2.24, 2.45) is 5.73 Å². The van der Waals surface area contributed by atoms with Gasteiger partial charge in [-0.05, 0) is 32.4 Å². The average molecular weight is 296 g/mol. The molecule has 0 heterocycles. The number of carbonyl (C=O) groups excluding carboxylic acids is 1. The number of nitrogens with two attached hydrogens (primary N) is 1. The molecule has 1 aromatic carbocycles. The number of carbonyl (C=O) groups is 2. The van der Waals surface area contributed by atoms with Gasteiger partial charge in [0.25, 0.3) is 0 Å². The molecule has 1 aromatic rings. The summed E-state index contributed by atoms with van der Waals surface area (Å²) in [7, 11) is 0. The SMILES string of the molecule is CC(C)(C)OC(=O)Nc1c(O)cccc1C(CN)C(=O)O. The topological polar surface area (TPSA) is 122 Å². The van der Waals surface area contributed by atoms with Crippen LogP contribution in [0.25, 0.3) is 0 Å². The zero-order valence-electron chi connectivity index (χ0n) is 12.2. The fourth-order valence-corrected chi connectivity index (χ4v) is 1.75. The van der Waals surface area contributed by atoms with E-state index < -0.39 is 23.6 Å². The molecule has 1 amide bonds. The zero-order valence-corrected chi connectivity index (χ0v) is 12.2. The molecule has 0 aromatic heterocycles. The molecule has 7 nitrogen and oxygen atoms in total. The second-order valence-electron chi connectivity index (χ2n) is 5.49. The molecule has 0 fully saturated rings. The molecule has 1 rings (SSSR count). The molecule has 1 unspecified atom stereocenters. The number of amides is 1. The van der Waals surface area contributed by atoms with E-state index in [4.69, 9.17) is 15.6 Å². The highest BCUT2D eigenvalue weighted by atomic mass is 16.6. The number of phenols is 1. The second-order valence-corrected chi connectivity index (χ2v) is 5.49. The van der Waals surface area contributed by atoms with Crippen LogP contribution in [0.3, 0.4) is 0 Å². The smallest absolute Gasteiger partial charge is 0.412 e. The number of nitrogens with one attached hydrogen (secondary N) is 1. The lowest BCUT2D eigenvalue weighted by Crippen LogP contribution is -2.28. The number of phenolic OH excluding ortho intramolecular Hbond substituents is 1. The third-order valence-electron chi connectivity index (χ3n) is 2.61. The van der Waals surface area contributed by atoms with Crippen molar-refractivity contribution in [3.8, 4) is 5.75 Å². The van der Waals surface area contributed by atoms with Gasteiger partial charge < -0.3 is 20.7 Å². The molecule has 116 valence electrons. The Morgan fingerprint density at radius 3 is 2.48 bits per heavy atom. The van der Waals surface area contributed by atoms with Gasteiger partial charge in [0.15, 0.2) is 0 Å². The van der Waals surface area contributed by atoms with E-state index in [0.717, 1.165) is 0 Å². The first kappa shape index (κ1) is 16.8. The lowest BCUT2D eigenvalue weighted by atomic mass is 9.97. The van der Waals surface area contributed by atoms with Crippen molar-refractivity contribution in [3.05, 3.63) is 23.8 Å². The molecule has 0 aliphatic rings. The summed E-state index contributed by atoms with van der Waals surface area (Å²) in [4.78, 5) is 23.0. The van der Waals surface area contributed by atoms with Crippen LogP contribution in [0.5, 0.6) is 5.75 Å². The van der Waals surface area contributed by atoms with Gasteiger partial charge in [-0.2, -0.15) is 0 Å². The average Bonchev–Trinajstić information content (AvgIpc) is 2.31. The third kappa shape index (κ3) is 4.64. The molecule has 21 heavy (non-hydrogen) atoms. The maximum Gasteiger partial charge on any atom is 0.412 e. The number of aliphatic carboxylic acids is 1. The predicted octanol–water partition coefficient (Wildman–Crippen LogP) is 1.87. The molecule has 0 spiro atoms. The van der Waals surface area contributed by atoms with E-state index in [1.807, 2.05) is 0 Å². The van der Waals surface area contributed by atoms with Gasteiger partial charge in [-0.1, -0.05) is 12.1 Å². The molecular weight excluding hydrogens is 276 g/mol. The van der Waals surface area contributed by atoms with E-state index in [-0.39, 0.29) is 23.5 Å². The molecule has 1 atom stereocenters. The Kier molecular flexibility index (Phi) is 5.15. The van der Waals surface area contributed by atoms with Crippen LogP contribution in [-0.4, -0.2) is 34.4 Å². The lowest BCUT2D eigenvalue weighted by Gasteiger charge is -2.22. The van der Waals surface area contributed by atoms with Gasteiger partial charge in [0.2, 0.25) is 0 Å². The van der Waals surface area contributed by atoms with Gasteiger partial charge in [0.05, 0.1) is 11.6 Å². The van der Waals surface area contributed by atoms with Gasteiger partial charge in [-0.15, -0.1) is 0 Å². The molecule has 7 heteroatoms. The Morgan fingerprint density at radius 2 is 2.00 bits per heavy atom. The van der Waals surface area contributed by atoms with E-state index in [9.17, 15) is 14.7 Å². The summed E-state index contributed by atoms with van der Waals surface area (Å²) in [5, 5.41) is 21.4. The van der Waals surface area contributed by atoms with Crippen molar-refractivity contribution in [1.82, 2.24) is 0 Å². The van der Waals surface area contributed by atoms with Crippen LogP contribution in [0.15, 0.2) is 18.2 Å². The normalized spacial score (nSPS) is 12.6. The Hall–Kier alpha value is -2.28. The molecule has 0 radical (unpaired) electrons.